The molecule has 0 unspecified atom stereocenters. The highest BCUT2D eigenvalue weighted by Gasteiger charge is 2.20. The minimum absolute atomic E-state index is 0.280. The molecular weight excluding hydrogens is 456 g/mol. The minimum Gasteiger partial charge on any atom is -0.455 e. The molecular formula is C30H20B3FN2O. The van der Waals surface area contributed by atoms with Crippen LogP contribution in [0.5, 0.6) is 0 Å². The molecule has 0 aliphatic carbocycles. The fourth-order valence-electron chi connectivity index (χ4n) is 5.01. The largest absolute Gasteiger partial charge is 0.455 e. The second-order valence-corrected chi connectivity index (χ2v) is 9.35. The maximum Gasteiger partial charge on any atom is 0.167 e. The maximum absolute atomic E-state index is 14.5. The van der Waals surface area contributed by atoms with E-state index in [-0.39, 0.29) is 5.82 Å². The molecule has 0 aliphatic heterocycles. The van der Waals surface area contributed by atoms with Crippen LogP contribution in [0.3, 0.4) is 0 Å². The Hall–Kier alpha value is -4.56. The summed E-state index contributed by atoms with van der Waals surface area (Å²) in [6.45, 7) is 0. The van der Waals surface area contributed by atoms with Gasteiger partial charge in [0.25, 0.3) is 0 Å². The topological polar surface area (TPSA) is 49.8 Å². The number of hydrogen-bond acceptors (Lipinski definition) is 3. The van der Waals surface area contributed by atoms with E-state index in [2.05, 4.69) is 47.5 Å². The predicted molar refractivity (Wildman–Crippen MR) is 157 cm³/mol. The fourth-order valence-corrected chi connectivity index (χ4v) is 5.01. The average Bonchev–Trinajstić information content (AvgIpc) is 3.33. The maximum atomic E-state index is 14.5. The van der Waals surface area contributed by atoms with E-state index in [4.69, 9.17) is 4.42 Å². The molecule has 0 radical (unpaired) electrons. The van der Waals surface area contributed by atoms with Gasteiger partial charge in [0.05, 0.1) is 17.3 Å². The Labute approximate surface area is 216 Å². The Morgan fingerprint density at radius 1 is 0.703 bits per heavy atom. The predicted octanol–water partition coefficient (Wildman–Crippen LogP) is 2.77. The lowest BCUT2D eigenvalue weighted by atomic mass is 9.76. The van der Waals surface area contributed by atoms with Crippen molar-refractivity contribution in [3.05, 3.63) is 96.3 Å². The fraction of sp³-hybridized carbons (Fsp3) is 0. The van der Waals surface area contributed by atoms with E-state index in [9.17, 15) is 9.65 Å². The van der Waals surface area contributed by atoms with Crippen LogP contribution in [0.2, 0.25) is 0 Å². The number of halogens is 1. The van der Waals surface area contributed by atoms with Gasteiger partial charge >= 0.3 is 0 Å². The summed E-state index contributed by atoms with van der Waals surface area (Å²) in [5.74, 6) is -0.280. The number of rotatable bonds is 3. The summed E-state index contributed by atoms with van der Waals surface area (Å²) in [5, 5.41) is 11.6. The summed E-state index contributed by atoms with van der Waals surface area (Å²) >= 11 is 0. The van der Waals surface area contributed by atoms with Crippen LogP contribution in [0.15, 0.2) is 89.3 Å². The molecule has 0 saturated carbocycles. The Kier molecular flexibility index (Phi) is 5.46. The van der Waals surface area contributed by atoms with Gasteiger partial charge in [-0.3, -0.25) is 4.98 Å². The average molecular weight is 476 g/mol. The van der Waals surface area contributed by atoms with Crippen LogP contribution in [-0.2, 0) is 0 Å². The highest BCUT2D eigenvalue weighted by molar-refractivity contribution is 6.52. The second kappa shape index (κ2) is 8.83. The molecule has 0 aliphatic rings. The number of furan rings is 1. The molecule has 3 nitrogen and oxygen atoms in total. The third-order valence-electron chi connectivity index (χ3n) is 7.13. The van der Waals surface area contributed by atoms with Crippen LogP contribution in [-0.4, -0.2) is 28.5 Å². The molecule has 0 amide bonds. The van der Waals surface area contributed by atoms with E-state index in [1.165, 1.54) is 0 Å². The second-order valence-electron chi connectivity index (χ2n) is 9.35. The van der Waals surface area contributed by atoms with Crippen LogP contribution in [0.4, 0.5) is 4.39 Å². The first-order valence-corrected chi connectivity index (χ1v) is 12.1. The van der Waals surface area contributed by atoms with Crippen molar-refractivity contribution in [1.29, 1.82) is 5.26 Å². The summed E-state index contributed by atoms with van der Waals surface area (Å²) < 4.78 is 21.1. The lowest BCUT2D eigenvalue weighted by Crippen LogP contribution is -2.38. The van der Waals surface area contributed by atoms with Crippen LogP contribution >= 0.6 is 0 Å². The summed E-state index contributed by atoms with van der Waals surface area (Å²) in [5.41, 5.74) is 9.26. The van der Waals surface area contributed by atoms with Gasteiger partial charge in [0.2, 0.25) is 0 Å². The molecule has 2 aromatic heterocycles. The van der Waals surface area contributed by atoms with Crippen molar-refractivity contribution in [3.8, 4) is 39.6 Å². The van der Waals surface area contributed by atoms with Crippen molar-refractivity contribution in [1.82, 2.24) is 4.98 Å². The summed E-state index contributed by atoms with van der Waals surface area (Å²) in [7, 11) is 5.34. The first-order valence-electron chi connectivity index (χ1n) is 12.1. The van der Waals surface area contributed by atoms with Crippen LogP contribution in [0.25, 0.3) is 55.4 Å². The van der Waals surface area contributed by atoms with Crippen LogP contribution in [0, 0.1) is 17.1 Å². The molecule has 6 rings (SSSR count). The lowest BCUT2D eigenvalue weighted by Gasteiger charge is -2.12. The summed E-state index contributed by atoms with van der Waals surface area (Å²) in [6.07, 6.45) is 0. The Balaban J connectivity index is 1.59. The van der Waals surface area contributed by atoms with Gasteiger partial charge in [-0.25, -0.2) is 4.39 Å². The van der Waals surface area contributed by atoms with E-state index in [1.807, 2.05) is 56.4 Å². The smallest absolute Gasteiger partial charge is 0.167 e. The van der Waals surface area contributed by atoms with Gasteiger partial charge in [0.15, 0.2) is 7.85 Å². The van der Waals surface area contributed by atoms with Crippen molar-refractivity contribution < 1.29 is 8.81 Å². The molecule has 0 N–H and O–H groups in total. The number of benzene rings is 4. The van der Waals surface area contributed by atoms with Crippen LogP contribution in [0.1, 0.15) is 5.56 Å². The highest BCUT2D eigenvalue weighted by atomic mass is 19.1. The third-order valence-corrected chi connectivity index (χ3v) is 7.13. The molecule has 172 valence electrons. The zero-order chi connectivity index (χ0) is 25.7. The number of para-hydroxylation sites is 1. The van der Waals surface area contributed by atoms with E-state index < -0.39 is 0 Å². The zero-order valence-corrected chi connectivity index (χ0v) is 20.8. The number of nitriles is 1. The SMILES string of the molecule is Bc1nc(-c2cccc3c2oc2c(-c4ccc(-c5ccccc5)cc4)cc(C#N)cc23)c(B)c(B)c1F. The van der Waals surface area contributed by atoms with Crippen LogP contribution < -0.4 is 16.5 Å². The Morgan fingerprint density at radius 3 is 2.11 bits per heavy atom. The Morgan fingerprint density at radius 2 is 1.38 bits per heavy atom. The molecule has 7 heteroatoms. The lowest BCUT2D eigenvalue weighted by molar-refractivity contribution is 0.641. The van der Waals surface area contributed by atoms with Gasteiger partial charge in [-0.2, -0.15) is 5.26 Å². The zero-order valence-electron chi connectivity index (χ0n) is 20.8. The third kappa shape index (κ3) is 3.73. The first-order chi connectivity index (χ1) is 18.0. The van der Waals surface area contributed by atoms with Crippen molar-refractivity contribution in [3.63, 3.8) is 0 Å². The molecule has 4 aromatic carbocycles. The number of nitrogens with zero attached hydrogens (tertiary/aromatic N) is 2. The van der Waals surface area contributed by atoms with Gasteiger partial charge in [-0.15, -0.1) is 0 Å². The monoisotopic (exact) mass is 476 g/mol. The summed E-state index contributed by atoms with van der Waals surface area (Å²) in [6, 6.07) is 30.4. The van der Waals surface area contributed by atoms with Gasteiger partial charge in [0.1, 0.15) is 32.7 Å². The van der Waals surface area contributed by atoms with Gasteiger partial charge in [0, 0.05) is 27.5 Å². The minimum atomic E-state index is -0.280. The van der Waals surface area contributed by atoms with Crippen molar-refractivity contribution in [2.45, 2.75) is 0 Å². The normalized spacial score (nSPS) is 11.1. The molecule has 0 saturated heterocycles. The number of fused-ring (bicyclic) bond motifs is 3. The molecule has 0 spiro atoms. The van der Waals surface area contributed by atoms with Gasteiger partial charge in [-0.1, -0.05) is 77.7 Å². The molecule has 37 heavy (non-hydrogen) atoms. The quantitative estimate of drug-likeness (QED) is 0.370. The number of hydrogen-bond donors (Lipinski definition) is 0. The Bertz CT molecular complexity index is 1870. The van der Waals surface area contributed by atoms with E-state index in [0.29, 0.717) is 33.5 Å². The standard InChI is InChI=1S/C30H20B3FN2O/c31-24-25(32)27(36-30(33)26(24)34)21-8-4-7-20-23-14-16(15-35)13-22(29(23)37-28(20)21)19-11-9-18(10-12-19)17-5-2-1-3-6-17/h1-14H,31-33H2. The van der Waals surface area contributed by atoms with Gasteiger partial charge < -0.3 is 4.42 Å². The highest BCUT2D eigenvalue weighted by Crippen LogP contribution is 2.40. The molecule has 0 bridgehead atoms. The van der Waals surface area contributed by atoms with Gasteiger partial charge in [-0.05, 0) is 34.9 Å². The molecule has 6 aromatic rings. The van der Waals surface area contributed by atoms with E-state index in [0.717, 1.165) is 44.1 Å². The van der Waals surface area contributed by atoms with Crippen molar-refractivity contribution in [2.75, 3.05) is 0 Å². The summed E-state index contributed by atoms with van der Waals surface area (Å²) in [4.78, 5) is 4.59. The number of aromatic nitrogens is 1. The molecule has 2 heterocycles. The van der Waals surface area contributed by atoms with Crippen molar-refractivity contribution in [2.24, 2.45) is 0 Å². The van der Waals surface area contributed by atoms with Crippen molar-refractivity contribution >= 4 is 62.0 Å². The number of pyridine rings is 1. The van der Waals surface area contributed by atoms with E-state index in [1.54, 1.807) is 15.7 Å². The van der Waals surface area contributed by atoms with E-state index >= 15 is 0 Å². The molecule has 0 fully saturated rings. The first kappa shape index (κ1) is 22.9. The molecule has 0 atom stereocenters.